The Morgan fingerprint density at radius 2 is 2.00 bits per heavy atom. The maximum Gasteiger partial charge on any atom is 0.333 e. The molecule has 0 aliphatic carbocycles. The molecule has 0 unspecified atom stereocenters. The lowest BCUT2D eigenvalue weighted by molar-refractivity contribution is -0.136. The van der Waals surface area contributed by atoms with E-state index in [1.165, 1.54) is 19.2 Å². The molecule has 86 valence electrons. The van der Waals surface area contributed by atoms with Crippen LogP contribution in [0.1, 0.15) is 12.0 Å². The summed E-state index contributed by atoms with van der Waals surface area (Å²) < 4.78 is 4.59. The van der Waals surface area contributed by atoms with Gasteiger partial charge in [-0.15, -0.1) is 0 Å². The maximum atomic E-state index is 11.3. The SMILES string of the molecule is COC(=O)/C(=C/c1ccc(O)cc1)CCO. The zero-order chi connectivity index (χ0) is 12.0. The van der Waals surface area contributed by atoms with E-state index in [1.807, 2.05) is 0 Å². The fraction of sp³-hybridized carbons (Fsp3) is 0.250. The van der Waals surface area contributed by atoms with Crippen LogP contribution in [0.15, 0.2) is 29.8 Å². The summed E-state index contributed by atoms with van der Waals surface area (Å²) in [4.78, 5) is 11.3. The Morgan fingerprint density at radius 3 is 2.50 bits per heavy atom. The molecule has 0 spiro atoms. The molecule has 0 atom stereocenters. The van der Waals surface area contributed by atoms with Crippen LogP contribution in [0, 0.1) is 0 Å². The van der Waals surface area contributed by atoms with Crippen LogP contribution < -0.4 is 0 Å². The van der Waals surface area contributed by atoms with Crippen molar-refractivity contribution in [2.24, 2.45) is 0 Å². The predicted molar refractivity (Wildman–Crippen MR) is 59.8 cm³/mol. The number of methoxy groups -OCH3 is 1. The number of phenolic OH excluding ortho intramolecular Hbond substituents is 1. The van der Waals surface area contributed by atoms with E-state index in [-0.39, 0.29) is 18.8 Å². The highest BCUT2D eigenvalue weighted by molar-refractivity contribution is 5.93. The predicted octanol–water partition coefficient (Wildman–Crippen LogP) is 1.33. The number of rotatable bonds is 4. The first-order valence-corrected chi connectivity index (χ1v) is 4.86. The Bertz CT molecular complexity index is 379. The van der Waals surface area contributed by atoms with Gasteiger partial charge in [-0.25, -0.2) is 4.79 Å². The minimum Gasteiger partial charge on any atom is -0.508 e. The van der Waals surface area contributed by atoms with Gasteiger partial charge >= 0.3 is 5.97 Å². The van der Waals surface area contributed by atoms with E-state index in [0.717, 1.165) is 5.56 Å². The summed E-state index contributed by atoms with van der Waals surface area (Å²) in [6.07, 6.45) is 1.87. The summed E-state index contributed by atoms with van der Waals surface area (Å²) in [5, 5.41) is 17.9. The van der Waals surface area contributed by atoms with E-state index in [9.17, 15) is 4.79 Å². The van der Waals surface area contributed by atoms with Crippen LogP contribution in [-0.2, 0) is 9.53 Å². The number of aliphatic hydroxyl groups is 1. The van der Waals surface area contributed by atoms with Gasteiger partial charge in [0, 0.05) is 18.6 Å². The fourth-order valence-corrected chi connectivity index (χ4v) is 1.26. The molecular weight excluding hydrogens is 208 g/mol. The Labute approximate surface area is 93.8 Å². The molecular formula is C12H14O4. The second kappa shape index (κ2) is 5.92. The van der Waals surface area contributed by atoms with E-state index in [0.29, 0.717) is 5.57 Å². The second-order valence-corrected chi connectivity index (χ2v) is 3.23. The molecule has 16 heavy (non-hydrogen) atoms. The van der Waals surface area contributed by atoms with Crippen LogP contribution in [0.4, 0.5) is 0 Å². The summed E-state index contributed by atoms with van der Waals surface area (Å²) >= 11 is 0. The molecule has 0 amide bonds. The van der Waals surface area contributed by atoms with Crippen LogP contribution in [-0.4, -0.2) is 29.9 Å². The number of carbonyl (C=O) groups is 1. The van der Waals surface area contributed by atoms with Gasteiger partial charge in [-0.1, -0.05) is 12.1 Å². The van der Waals surface area contributed by atoms with Gasteiger partial charge in [-0.05, 0) is 23.8 Å². The van der Waals surface area contributed by atoms with Gasteiger partial charge < -0.3 is 14.9 Å². The fourth-order valence-electron chi connectivity index (χ4n) is 1.26. The number of phenols is 1. The van der Waals surface area contributed by atoms with Crippen molar-refractivity contribution in [2.45, 2.75) is 6.42 Å². The van der Waals surface area contributed by atoms with Gasteiger partial charge in [0.1, 0.15) is 5.75 Å². The smallest absolute Gasteiger partial charge is 0.333 e. The number of ether oxygens (including phenoxy) is 1. The number of carbonyl (C=O) groups excluding carboxylic acids is 1. The first-order chi connectivity index (χ1) is 7.67. The van der Waals surface area contributed by atoms with E-state index in [1.54, 1.807) is 18.2 Å². The van der Waals surface area contributed by atoms with Crippen LogP contribution in [0.5, 0.6) is 5.75 Å². The average Bonchev–Trinajstić information content (AvgIpc) is 2.30. The van der Waals surface area contributed by atoms with Gasteiger partial charge in [0.2, 0.25) is 0 Å². The number of hydrogen-bond acceptors (Lipinski definition) is 4. The highest BCUT2D eigenvalue weighted by Gasteiger charge is 2.08. The monoisotopic (exact) mass is 222 g/mol. The lowest BCUT2D eigenvalue weighted by atomic mass is 10.1. The molecule has 1 aromatic carbocycles. The van der Waals surface area contributed by atoms with Crippen LogP contribution in [0.25, 0.3) is 6.08 Å². The van der Waals surface area contributed by atoms with Crippen molar-refractivity contribution in [1.82, 2.24) is 0 Å². The standard InChI is InChI=1S/C12H14O4/c1-16-12(15)10(6-7-13)8-9-2-4-11(14)5-3-9/h2-5,8,13-14H,6-7H2,1H3/b10-8+. The average molecular weight is 222 g/mol. The maximum absolute atomic E-state index is 11.3. The summed E-state index contributed by atoms with van der Waals surface area (Å²) in [5.41, 5.74) is 1.17. The van der Waals surface area contributed by atoms with Crippen molar-refractivity contribution >= 4 is 12.0 Å². The molecule has 2 N–H and O–H groups in total. The second-order valence-electron chi connectivity index (χ2n) is 3.23. The third kappa shape index (κ3) is 3.40. The van der Waals surface area contributed by atoms with Gasteiger partial charge in [0.15, 0.2) is 0 Å². The van der Waals surface area contributed by atoms with Crippen LogP contribution >= 0.6 is 0 Å². The zero-order valence-corrected chi connectivity index (χ0v) is 9.01. The lowest BCUT2D eigenvalue weighted by Gasteiger charge is -2.03. The first-order valence-electron chi connectivity index (χ1n) is 4.86. The summed E-state index contributed by atoms with van der Waals surface area (Å²) in [7, 11) is 1.30. The molecule has 0 heterocycles. The Balaban J connectivity index is 2.92. The summed E-state index contributed by atoms with van der Waals surface area (Å²) in [6.45, 7) is -0.112. The Kier molecular flexibility index (Phi) is 4.54. The largest absolute Gasteiger partial charge is 0.508 e. The summed E-state index contributed by atoms with van der Waals surface area (Å²) in [6, 6.07) is 6.41. The molecule has 0 radical (unpaired) electrons. The van der Waals surface area contributed by atoms with Gasteiger partial charge in [0.05, 0.1) is 7.11 Å². The molecule has 4 heteroatoms. The van der Waals surface area contributed by atoms with Crippen LogP contribution in [0.2, 0.25) is 0 Å². The van der Waals surface area contributed by atoms with E-state index < -0.39 is 5.97 Å². The molecule has 0 aliphatic rings. The molecule has 0 saturated carbocycles. The highest BCUT2D eigenvalue weighted by Crippen LogP contribution is 2.14. The van der Waals surface area contributed by atoms with Gasteiger partial charge in [0.25, 0.3) is 0 Å². The van der Waals surface area contributed by atoms with Gasteiger partial charge in [-0.3, -0.25) is 0 Å². The van der Waals surface area contributed by atoms with Crippen molar-refractivity contribution < 1.29 is 19.7 Å². The minimum atomic E-state index is -0.456. The number of aliphatic hydroxyl groups excluding tert-OH is 1. The van der Waals surface area contributed by atoms with Crippen molar-refractivity contribution in [3.63, 3.8) is 0 Å². The third-order valence-electron chi connectivity index (χ3n) is 2.06. The molecule has 0 bridgehead atoms. The molecule has 0 saturated heterocycles. The van der Waals surface area contributed by atoms with E-state index in [4.69, 9.17) is 10.2 Å². The van der Waals surface area contributed by atoms with Crippen molar-refractivity contribution in [3.05, 3.63) is 35.4 Å². The van der Waals surface area contributed by atoms with Crippen molar-refractivity contribution in [1.29, 1.82) is 0 Å². The molecule has 1 aromatic rings. The molecule has 0 fully saturated rings. The van der Waals surface area contributed by atoms with Crippen molar-refractivity contribution in [2.75, 3.05) is 13.7 Å². The number of esters is 1. The number of aromatic hydroxyl groups is 1. The normalized spacial score (nSPS) is 11.2. The molecule has 0 aliphatic heterocycles. The van der Waals surface area contributed by atoms with E-state index in [2.05, 4.69) is 4.74 Å². The number of hydrogen-bond donors (Lipinski definition) is 2. The van der Waals surface area contributed by atoms with E-state index >= 15 is 0 Å². The van der Waals surface area contributed by atoms with Crippen LogP contribution in [0.3, 0.4) is 0 Å². The zero-order valence-electron chi connectivity index (χ0n) is 9.01. The Morgan fingerprint density at radius 1 is 1.38 bits per heavy atom. The summed E-state index contributed by atoms with van der Waals surface area (Å²) in [5.74, 6) is -0.291. The minimum absolute atomic E-state index is 0.112. The first kappa shape index (κ1) is 12.3. The topological polar surface area (TPSA) is 66.8 Å². The number of benzene rings is 1. The van der Waals surface area contributed by atoms with Crippen molar-refractivity contribution in [3.8, 4) is 5.75 Å². The molecule has 0 aromatic heterocycles. The third-order valence-corrected chi connectivity index (χ3v) is 2.06. The molecule has 1 rings (SSSR count). The molecule has 4 nitrogen and oxygen atoms in total. The quantitative estimate of drug-likeness (QED) is 0.595. The highest BCUT2D eigenvalue weighted by atomic mass is 16.5. The lowest BCUT2D eigenvalue weighted by Crippen LogP contribution is -2.06. The van der Waals surface area contributed by atoms with Gasteiger partial charge in [-0.2, -0.15) is 0 Å². The Hall–Kier alpha value is -1.81.